The van der Waals surface area contributed by atoms with Crippen molar-refractivity contribution in [2.24, 2.45) is 5.92 Å². The molecule has 0 saturated heterocycles. The Kier molecular flexibility index (Phi) is 9.14. The molecule has 0 aliphatic carbocycles. The van der Waals surface area contributed by atoms with Crippen molar-refractivity contribution in [2.75, 3.05) is 26.7 Å². The number of amides is 2. The van der Waals surface area contributed by atoms with Crippen LogP contribution >= 0.6 is 0 Å². The lowest BCUT2D eigenvalue weighted by atomic mass is 10.0. The summed E-state index contributed by atoms with van der Waals surface area (Å²) in [5, 5.41) is 22.0. The van der Waals surface area contributed by atoms with Crippen molar-refractivity contribution in [3.05, 3.63) is 23.8 Å². The molecule has 1 aliphatic rings. The van der Waals surface area contributed by atoms with Crippen LogP contribution in [0.25, 0.3) is 0 Å². The molecule has 0 saturated carbocycles. The van der Waals surface area contributed by atoms with Gasteiger partial charge in [-0.1, -0.05) is 18.8 Å². The summed E-state index contributed by atoms with van der Waals surface area (Å²) in [7, 11) is -2.31. The first-order valence-electron chi connectivity index (χ1n) is 11.0. The first-order valence-corrected chi connectivity index (χ1v) is 12.5. The van der Waals surface area contributed by atoms with Crippen molar-refractivity contribution in [2.45, 2.75) is 63.8 Å². The van der Waals surface area contributed by atoms with Crippen molar-refractivity contribution in [3.8, 4) is 17.6 Å². The number of carbonyl (C=O) groups excluding carboxylic acids is 1. The third-order valence-electron chi connectivity index (χ3n) is 5.31. The first kappa shape index (κ1) is 26.9. The SMILES string of the molecule is CC(C)NC(=O)N(C)C[C@H]1Oc2cc(C#C[C@@H](C)O)ccc2S(=O)(=O)N([C@H](C)CO)C[C@H]1C. The second-order valence-corrected chi connectivity index (χ2v) is 10.7. The molecule has 10 heteroatoms. The summed E-state index contributed by atoms with van der Waals surface area (Å²) in [6.07, 6.45) is -1.35. The highest BCUT2D eigenvalue weighted by molar-refractivity contribution is 7.89. The number of aliphatic hydroxyl groups is 2. The molecule has 2 rings (SSSR count). The zero-order valence-electron chi connectivity index (χ0n) is 20.1. The number of ether oxygens (including phenoxy) is 1. The van der Waals surface area contributed by atoms with Crippen LogP contribution in [-0.4, -0.2) is 84.9 Å². The van der Waals surface area contributed by atoms with Crippen molar-refractivity contribution in [3.63, 3.8) is 0 Å². The van der Waals surface area contributed by atoms with Crippen LogP contribution in [0.5, 0.6) is 5.75 Å². The van der Waals surface area contributed by atoms with Crippen LogP contribution in [-0.2, 0) is 10.0 Å². The van der Waals surface area contributed by atoms with Crippen molar-refractivity contribution in [1.29, 1.82) is 0 Å². The quantitative estimate of drug-likeness (QED) is 0.545. The van der Waals surface area contributed by atoms with Crippen LogP contribution in [0, 0.1) is 17.8 Å². The zero-order chi connectivity index (χ0) is 24.9. The lowest BCUT2D eigenvalue weighted by molar-refractivity contribution is 0.0809. The molecule has 1 aromatic carbocycles. The number of likely N-dealkylation sites (N-methyl/N-ethyl adjacent to an activating group) is 1. The fourth-order valence-electron chi connectivity index (χ4n) is 3.42. The fraction of sp³-hybridized carbons (Fsp3) is 0.609. The van der Waals surface area contributed by atoms with Gasteiger partial charge in [0, 0.05) is 37.2 Å². The summed E-state index contributed by atoms with van der Waals surface area (Å²) in [4.78, 5) is 13.9. The van der Waals surface area contributed by atoms with Gasteiger partial charge in [-0.2, -0.15) is 4.31 Å². The summed E-state index contributed by atoms with van der Waals surface area (Å²) in [6, 6.07) is 3.59. The van der Waals surface area contributed by atoms with Gasteiger partial charge in [0.25, 0.3) is 0 Å². The zero-order valence-corrected chi connectivity index (χ0v) is 20.9. The van der Waals surface area contributed by atoms with Crippen LogP contribution < -0.4 is 10.1 Å². The minimum atomic E-state index is -3.96. The molecule has 4 atom stereocenters. The Balaban J connectivity index is 2.53. The predicted molar refractivity (Wildman–Crippen MR) is 125 cm³/mol. The highest BCUT2D eigenvalue weighted by Crippen LogP contribution is 2.34. The van der Waals surface area contributed by atoms with Gasteiger partial charge in [0.15, 0.2) is 0 Å². The molecular weight excluding hydrogens is 446 g/mol. The number of hydrogen-bond donors (Lipinski definition) is 3. The second-order valence-electron chi connectivity index (χ2n) is 8.83. The maximum Gasteiger partial charge on any atom is 0.317 e. The Morgan fingerprint density at radius 1 is 1.33 bits per heavy atom. The number of carbonyl (C=O) groups is 1. The van der Waals surface area contributed by atoms with E-state index in [1.165, 1.54) is 28.3 Å². The van der Waals surface area contributed by atoms with Gasteiger partial charge in [-0.3, -0.25) is 0 Å². The van der Waals surface area contributed by atoms with Crippen LogP contribution in [0.3, 0.4) is 0 Å². The van der Waals surface area contributed by atoms with E-state index in [2.05, 4.69) is 17.2 Å². The molecule has 184 valence electrons. The summed E-state index contributed by atoms with van der Waals surface area (Å²) in [5.74, 6) is 5.27. The van der Waals surface area contributed by atoms with Crippen LogP contribution in [0.4, 0.5) is 4.79 Å². The third kappa shape index (κ3) is 6.84. The van der Waals surface area contributed by atoms with Crippen molar-refractivity contribution < 1.29 is 28.2 Å². The fourth-order valence-corrected chi connectivity index (χ4v) is 5.24. The Hall–Kier alpha value is -2.32. The number of sulfonamides is 1. The number of nitrogens with one attached hydrogen (secondary N) is 1. The highest BCUT2D eigenvalue weighted by atomic mass is 32.2. The maximum atomic E-state index is 13.4. The van der Waals surface area contributed by atoms with Gasteiger partial charge in [0.05, 0.1) is 13.2 Å². The van der Waals surface area contributed by atoms with Gasteiger partial charge in [-0.25, -0.2) is 13.2 Å². The van der Waals surface area contributed by atoms with Crippen LogP contribution in [0.15, 0.2) is 23.1 Å². The Morgan fingerprint density at radius 2 is 2.00 bits per heavy atom. The normalized spacial score (nSPS) is 22.0. The van der Waals surface area contributed by atoms with E-state index in [0.29, 0.717) is 5.56 Å². The van der Waals surface area contributed by atoms with Gasteiger partial charge in [-0.05, 0) is 45.9 Å². The maximum absolute atomic E-state index is 13.4. The molecular formula is C23H35N3O6S. The lowest BCUT2D eigenvalue weighted by Crippen LogP contribution is -2.51. The summed E-state index contributed by atoms with van der Waals surface area (Å²) in [6.45, 7) is 8.78. The van der Waals surface area contributed by atoms with E-state index in [4.69, 9.17) is 4.74 Å². The molecule has 9 nitrogen and oxygen atoms in total. The molecule has 1 heterocycles. The lowest BCUT2D eigenvalue weighted by Gasteiger charge is -2.37. The molecule has 0 bridgehead atoms. The molecule has 0 unspecified atom stereocenters. The molecule has 1 aliphatic heterocycles. The molecule has 0 radical (unpaired) electrons. The van der Waals surface area contributed by atoms with Gasteiger partial charge in [0.1, 0.15) is 22.9 Å². The molecule has 0 spiro atoms. The van der Waals surface area contributed by atoms with Gasteiger partial charge < -0.3 is 25.2 Å². The molecule has 33 heavy (non-hydrogen) atoms. The average molecular weight is 482 g/mol. The summed E-state index contributed by atoms with van der Waals surface area (Å²) >= 11 is 0. The van der Waals surface area contributed by atoms with Gasteiger partial charge in [0.2, 0.25) is 10.0 Å². The Labute approximate surface area is 196 Å². The van der Waals surface area contributed by atoms with E-state index >= 15 is 0 Å². The number of aliphatic hydroxyl groups excluding tert-OH is 2. The monoisotopic (exact) mass is 481 g/mol. The molecule has 3 N–H and O–H groups in total. The van der Waals surface area contributed by atoms with E-state index in [1.54, 1.807) is 20.0 Å². The minimum absolute atomic E-state index is 0.0301. The van der Waals surface area contributed by atoms with E-state index in [1.807, 2.05) is 20.8 Å². The Morgan fingerprint density at radius 3 is 2.58 bits per heavy atom. The first-order chi connectivity index (χ1) is 15.4. The molecule has 0 aromatic heterocycles. The van der Waals surface area contributed by atoms with E-state index in [0.717, 1.165) is 0 Å². The van der Waals surface area contributed by atoms with Crippen LogP contribution in [0.1, 0.15) is 40.2 Å². The number of benzene rings is 1. The highest BCUT2D eigenvalue weighted by Gasteiger charge is 2.38. The predicted octanol–water partition coefficient (Wildman–Crippen LogP) is 1.24. The number of nitrogens with zero attached hydrogens (tertiary/aromatic N) is 2. The van der Waals surface area contributed by atoms with E-state index in [-0.39, 0.29) is 48.3 Å². The molecule has 0 fully saturated rings. The largest absolute Gasteiger partial charge is 0.487 e. The molecule has 2 amide bonds. The minimum Gasteiger partial charge on any atom is -0.487 e. The van der Waals surface area contributed by atoms with Crippen molar-refractivity contribution in [1.82, 2.24) is 14.5 Å². The summed E-state index contributed by atoms with van der Waals surface area (Å²) in [5.41, 5.74) is 0.490. The topological polar surface area (TPSA) is 119 Å². The van der Waals surface area contributed by atoms with E-state index in [9.17, 15) is 23.4 Å². The Bertz CT molecular complexity index is 999. The van der Waals surface area contributed by atoms with Gasteiger partial charge in [-0.15, -0.1) is 0 Å². The second kappa shape index (κ2) is 11.2. The number of fused-ring (bicyclic) bond motifs is 1. The summed E-state index contributed by atoms with van der Waals surface area (Å²) < 4.78 is 34.4. The smallest absolute Gasteiger partial charge is 0.317 e. The van der Waals surface area contributed by atoms with E-state index < -0.39 is 28.3 Å². The third-order valence-corrected chi connectivity index (χ3v) is 7.32. The number of urea groups is 1. The molecule has 1 aromatic rings. The van der Waals surface area contributed by atoms with Gasteiger partial charge >= 0.3 is 6.03 Å². The standard InChI is InChI=1S/C23H35N3O6S/c1-15(2)24-23(29)25(6)13-21-16(3)12-26(17(4)14-27)33(30,31)22-10-9-19(8-7-18(5)28)11-20(22)32-21/h9-11,15-18,21,27-28H,12-14H2,1-6H3,(H,24,29)/t16-,17-,18-,21-/m1/s1. The number of hydrogen-bond acceptors (Lipinski definition) is 6. The number of rotatable bonds is 5. The van der Waals surface area contributed by atoms with Crippen molar-refractivity contribution >= 4 is 16.1 Å². The average Bonchev–Trinajstić information content (AvgIpc) is 2.73. The van der Waals surface area contributed by atoms with Crippen LogP contribution in [0.2, 0.25) is 0 Å².